The molecule has 4 nitrogen and oxygen atoms in total. The van der Waals surface area contributed by atoms with Crippen molar-refractivity contribution < 1.29 is 0 Å². The van der Waals surface area contributed by atoms with Crippen molar-refractivity contribution >= 4 is 11.6 Å². The van der Waals surface area contributed by atoms with Crippen molar-refractivity contribution in [2.45, 2.75) is 78.7 Å². The third kappa shape index (κ3) is 8.22. The first kappa shape index (κ1) is 25.8. The highest BCUT2D eigenvalue weighted by Gasteiger charge is 2.18. The molecule has 2 aliphatic carbocycles. The number of aliphatic imine (C=N–C) groups is 1. The molecule has 0 radical (unpaired) electrons. The lowest BCUT2D eigenvalue weighted by Gasteiger charge is -2.28. The Kier molecular flexibility index (Phi) is 11.1. The van der Waals surface area contributed by atoms with Gasteiger partial charge in [-0.25, -0.2) is 4.99 Å². The molecule has 3 aliphatic rings. The van der Waals surface area contributed by atoms with Gasteiger partial charge in [-0.15, -0.1) is 0 Å². The van der Waals surface area contributed by atoms with Crippen molar-refractivity contribution in [3.8, 4) is 0 Å². The SMILES string of the molecule is C=C(CCN1Cc2cc(CC3=CCCC=C3)ccc2N=C1N)NC.CC.CC1CCCC1. The minimum Gasteiger partial charge on any atom is -0.392 e. The summed E-state index contributed by atoms with van der Waals surface area (Å²) in [4.78, 5) is 6.68. The maximum Gasteiger partial charge on any atom is 0.196 e. The van der Waals surface area contributed by atoms with Crippen LogP contribution in [0.2, 0.25) is 0 Å². The molecule has 0 saturated heterocycles. The van der Waals surface area contributed by atoms with Gasteiger partial charge in [0.15, 0.2) is 5.96 Å². The Bertz CT molecular complexity index is 813. The van der Waals surface area contributed by atoms with E-state index in [0.29, 0.717) is 5.96 Å². The monoisotopic (exact) mass is 436 g/mol. The van der Waals surface area contributed by atoms with Gasteiger partial charge in [0.2, 0.25) is 0 Å². The zero-order valence-electron chi connectivity index (χ0n) is 20.8. The lowest BCUT2D eigenvalue weighted by molar-refractivity contribution is 0.403. The van der Waals surface area contributed by atoms with Gasteiger partial charge >= 0.3 is 0 Å². The molecule has 0 spiro atoms. The fourth-order valence-electron chi connectivity index (χ4n) is 4.22. The van der Waals surface area contributed by atoms with Gasteiger partial charge in [-0.3, -0.25) is 0 Å². The van der Waals surface area contributed by atoms with Crippen molar-refractivity contribution in [3.63, 3.8) is 0 Å². The van der Waals surface area contributed by atoms with Gasteiger partial charge in [-0.2, -0.15) is 0 Å². The molecule has 3 N–H and O–H groups in total. The normalized spacial score (nSPS) is 17.2. The molecular weight excluding hydrogens is 392 g/mol. The maximum absolute atomic E-state index is 6.12. The van der Waals surface area contributed by atoms with Gasteiger partial charge < -0.3 is 16.0 Å². The minimum absolute atomic E-state index is 0.595. The van der Waals surface area contributed by atoms with E-state index in [9.17, 15) is 0 Å². The van der Waals surface area contributed by atoms with Crippen molar-refractivity contribution in [2.75, 3.05) is 13.6 Å². The first-order valence-corrected chi connectivity index (χ1v) is 12.5. The topological polar surface area (TPSA) is 53.6 Å². The van der Waals surface area contributed by atoms with E-state index in [0.717, 1.165) is 56.1 Å². The summed E-state index contributed by atoms with van der Waals surface area (Å²) >= 11 is 0. The van der Waals surface area contributed by atoms with Crippen molar-refractivity contribution in [3.05, 3.63) is 65.4 Å². The predicted octanol–water partition coefficient (Wildman–Crippen LogP) is 6.61. The number of fused-ring (bicyclic) bond motifs is 1. The van der Waals surface area contributed by atoms with Crippen LogP contribution in [0.4, 0.5) is 5.69 Å². The molecule has 1 aromatic carbocycles. The van der Waals surface area contributed by atoms with Crippen LogP contribution in [-0.2, 0) is 13.0 Å². The summed E-state index contributed by atoms with van der Waals surface area (Å²) in [7, 11) is 1.89. The van der Waals surface area contributed by atoms with Crippen LogP contribution in [0.3, 0.4) is 0 Å². The largest absolute Gasteiger partial charge is 0.392 e. The Balaban J connectivity index is 0.000000387. The number of nitrogens with two attached hydrogens (primary N) is 1. The number of allylic oxidation sites excluding steroid dienone is 4. The number of hydrogen-bond donors (Lipinski definition) is 2. The third-order valence-corrected chi connectivity index (χ3v) is 6.23. The molecule has 0 aromatic heterocycles. The Hall–Kier alpha value is -2.49. The zero-order valence-corrected chi connectivity index (χ0v) is 20.8. The second-order valence-electron chi connectivity index (χ2n) is 8.78. The first-order valence-electron chi connectivity index (χ1n) is 12.5. The second-order valence-corrected chi connectivity index (χ2v) is 8.78. The molecule has 1 aliphatic heterocycles. The molecule has 0 amide bonds. The average Bonchev–Trinajstić information content (AvgIpc) is 3.31. The molecule has 1 aromatic rings. The molecule has 4 rings (SSSR count). The predicted molar refractivity (Wildman–Crippen MR) is 140 cm³/mol. The van der Waals surface area contributed by atoms with E-state index in [-0.39, 0.29) is 0 Å². The Labute approximate surface area is 196 Å². The maximum atomic E-state index is 6.12. The molecule has 32 heavy (non-hydrogen) atoms. The quantitative estimate of drug-likeness (QED) is 0.527. The van der Waals surface area contributed by atoms with Gasteiger partial charge in [-0.1, -0.05) is 83.4 Å². The Morgan fingerprint density at radius 3 is 2.56 bits per heavy atom. The molecule has 0 unspecified atom stereocenters. The van der Waals surface area contributed by atoms with Crippen LogP contribution in [0.15, 0.2) is 59.3 Å². The summed E-state index contributed by atoms with van der Waals surface area (Å²) in [6, 6.07) is 6.53. The smallest absolute Gasteiger partial charge is 0.196 e. The average molecular weight is 437 g/mol. The highest BCUT2D eigenvalue weighted by Crippen LogP contribution is 2.28. The Morgan fingerprint density at radius 1 is 1.22 bits per heavy atom. The van der Waals surface area contributed by atoms with Crippen LogP contribution < -0.4 is 11.1 Å². The third-order valence-electron chi connectivity index (χ3n) is 6.23. The van der Waals surface area contributed by atoms with E-state index in [1.54, 1.807) is 0 Å². The van der Waals surface area contributed by atoms with Crippen LogP contribution >= 0.6 is 0 Å². The van der Waals surface area contributed by atoms with Gasteiger partial charge in [0, 0.05) is 32.3 Å². The van der Waals surface area contributed by atoms with Crippen LogP contribution in [-0.4, -0.2) is 24.5 Å². The molecule has 176 valence electrons. The van der Waals surface area contributed by atoms with Gasteiger partial charge in [0.05, 0.1) is 5.69 Å². The van der Waals surface area contributed by atoms with Crippen LogP contribution in [0, 0.1) is 5.92 Å². The zero-order chi connectivity index (χ0) is 23.3. The summed E-state index contributed by atoms with van der Waals surface area (Å²) in [5.41, 5.74) is 12.1. The van der Waals surface area contributed by atoms with Gasteiger partial charge in [0.1, 0.15) is 0 Å². The van der Waals surface area contributed by atoms with Crippen LogP contribution in [0.1, 0.15) is 76.8 Å². The number of benzene rings is 1. The molecule has 1 heterocycles. The lowest BCUT2D eigenvalue weighted by Crippen LogP contribution is -2.39. The molecular formula is C28H44N4. The number of nitrogens with one attached hydrogen (secondary N) is 1. The second kappa shape index (κ2) is 13.8. The Morgan fingerprint density at radius 2 is 1.97 bits per heavy atom. The number of rotatable bonds is 6. The van der Waals surface area contributed by atoms with Crippen molar-refractivity contribution in [1.82, 2.24) is 10.2 Å². The van der Waals surface area contributed by atoms with E-state index >= 15 is 0 Å². The number of hydrogen-bond acceptors (Lipinski definition) is 4. The summed E-state index contributed by atoms with van der Waals surface area (Å²) in [5.74, 6) is 1.64. The lowest BCUT2D eigenvalue weighted by atomic mass is 9.97. The van der Waals surface area contributed by atoms with E-state index in [4.69, 9.17) is 5.73 Å². The first-order chi connectivity index (χ1) is 15.5. The fraction of sp³-hybridized carbons (Fsp3) is 0.536. The highest BCUT2D eigenvalue weighted by atomic mass is 15.3. The summed E-state index contributed by atoms with van der Waals surface area (Å²) in [5, 5.41) is 3.08. The summed E-state index contributed by atoms with van der Waals surface area (Å²) < 4.78 is 0. The fourth-order valence-corrected chi connectivity index (χ4v) is 4.22. The molecule has 0 atom stereocenters. The van der Waals surface area contributed by atoms with Gasteiger partial charge in [0.25, 0.3) is 0 Å². The molecule has 0 bridgehead atoms. The molecule has 1 fully saturated rings. The van der Waals surface area contributed by atoms with Crippen LogP contribution in [0.5, 0.6) is 0 Å². The van der Waals surface area contributed by atoms with Crippen molar-refractivity contribution in [2.24, 2.45) is 16.6 Å². The van der Waals surface area contributed by atoms with E-state index in [2.05, 4.69) is 65.1 Å². The standard InChI is InChI=1S/C20H26N4.C6H12.C2H6/c1-15(22-2)10-11-24-14-18-13-17(8-9-19(18)23-20(24)21)12-16-6-4-3-5-7-16;1-6-4-2-3-5-6;1-2/h4,6-9,13,22H,1,3,5,10-12,14H2,2H3,(H2,21,23);6H,2-5H2,1H3;1-2H3. The summed E-state index contributed by atoms with van der Waals surface area (Å²) in [6.45, 7) is 12.0. The van der Waals surface area contributed by atoms with E-state index < -0.39 is 0 Å². The highest BCUT2D eigenvalue weighted by molar-refractivity contribution is 5.83. The van der Waals surface area contributed by atoms with Gasteiger partial charge in [-0.05, 0) is 47.9 Å². The van der Waals surface area contributed by atoms with Crippen molar-refractivity contribution in [1.29, 1.82) is 0 Å². The summed E-state index contributed by atoms with van der Waals surface area (Å²) in [6.07, 6.45) is 17.0. The van der Waals surface area contributed by atoms with E-state index in [1.807, 2.05) is 20.9 Å². The van der Waals surface area contributed by atoms with E-state index in [1.165, 1.54) is 42.4 Å². The number of nitrogens with zero attached hydrogens (tertiary/aromatic N) is 2. The number of guanidine groups is 1. The van der Waals surface area contributed by atoms with Crippen LogP contribution in [0.25, 0.3) is 0 Å². The molecule has 4 heteroatoms. The minimum atomic E-state index is 0.595. The molecule has 1 saturated carbocycles.